The van der Waals surface area contributed by atoms with Crippen LogP contribution in [0.2, 0.25) is 0 Å². The number of fused-ring (bicyclic) bond motifs is 1. The molecule has 0 saturated carbocycles. The molecule has 1 fully saturated rings. The van der Waals surface area contributed by atoms with E-state index in [9.17, 15) is 4.79 Å². The zero-order valence-electron chi connectivity index (χ0n) is 14.8. The monoisotopic (exact) mass is 373 g/mol. The molecule has 0 aliphatic carbocycles. The standard InChI is InChI=1S/C19H23N5O.ClH/c1-2-14-3-5-15(6-4-14)17-12-20-9-10-23(17)13-16-11-19(25)24-18(22-16)7-8-21-24;/h3-8,11,17,20-21H,2,9-10,12-13H2,1H3;1H. The number of halogens is 1. The number of hydrogen-bond acceptors (Lipinski definition) is 4. The lowest BCUT2D eigenvalue weighted by molar-refractivity contribution is 0.152. The number of aromatic amines is 1. The van der Waals surface area contributed by atoms with Crippen molar-refractivity contribution >= 4 is 18.1 Å². The lowest BCUT2D eigenvalue weighted by Crippen LogP contribution is -2.45. The maximum Gasteiger partial charge on any atom is 0.272 e. The second-order valence-electron chi connectivity index (χ2n) is 6.53. The molecule has 0 bridgehead atoms. The minimum atomic E-state index is -0.0658. The summed E-state index contributed by atoms with van der Waals surface area (Å²) in [6.07, 6.45) is 2.79. The number of aromatic nitrogens is 3. The Morgan fingerprint density at radius 3 is 2.81 bits per heavy atom. The molecule has 26 heavy (non-hydrogen) atoms. The summed E-state index contributed by atoms with van der Waals surface area (Å²) < 4.78 is 1.46. The fraction of sp³-hybridized carbons (Fsp3) is 0.368. The third-order valence-corrected chi connectivity index (χ3v) is 4.93. The number of rotatable bonds is 4. The smallest absolute Gasteiger partial charge is 0.272 e. The average Bonchev–Trinajstić information content (AvgIpc) is 3.11. The summed E-state index contributed by atoms with van der Waals surface area (Å²) in [6.45, 7) is 5.66. The van der Waals surface area contributed by atoms with E-state index in [1.807, 2.05) is 6.07 Å². The lowest BCUT2D eigenvalue weighted by atomic mass is 10.0. The van der Waals surface area contributed by atoms with Crippen LogP contribution in [0.1, 0.15) is 29.8 Å². The van der Waals surface area contributed by atoms with Gasteiger partial charge in [-0.1, -0.05) is 31.2 Å². The summed E-state index contributed by atoms with van der Waals surface area (Å²) >= 11 is 0. The van der Waals surface area contributed by atoms with E-state index in [1.54, 1.807) is 12.3 Å². The van der Waals surface area contributed by atoms with Gasteiger partial charge in [0, 0.05) is 50.6 Å². The van der Waals surface area contributed by atoms with Gasteiger partial charge in [0.15, 0.2) is 5.65 Å². The molecule has 2 N–H and O–H groups in total. The van der Waals surface area contributed by atoms with Gasteiger partial charge in [-0.25, -0.2) is 9.50 Å². The van der Waals surface area contributed by atoms with Crippen molar-refractivity contribution in [1.82, 2.24) is 24.8 Å². The van der Waals surface area contributed by atoms with Gasteiger partial charge >= 0.3 is 0 Å². The predicted octanol–water partition coefficient (Wildman–Crippen LogP) is 2.15. The van der Waals surface area contributed by atoms with Gasteiger partial charge in [0.1, 0.15) is 0 Å². The Labute approximate surface area is 158 Å². The van der Waals surface area contributed by atoms with Crippen molar-refractivity contribution in [1.29, 1.82) is 0 Å². The number of nitrogens with one attached hydrogen (secondary N) is 2. The normalized spacial score (nSPS) is 18.0. The number of aryl methyl sites for hydroxylation is 1. The third-order valence-electron chi connectivity index (χ3n) is 4.93. The zero-order chi connectivity index (χ0) is 17.2. The summed E-state index contributed by atoms with van der Waals surface area (Å²) in [4.78, 5) is 19.2. The van der Waals surface area contributed by atoms with Crippen LogP contribution in [0, 0.1) is 0 Å². The number of nitrogens with zero attached hydrogens (tertiary/aromatic N) is 3. The Hall–Kier alpha value is -2.15. The maximum atomic E-state index is 12.2. The molecule has 3 aromatic rings. The Morgan fingerprint density at radius 2 is 2.04 bits per heavy atom. The van der Waals surface area contributed by atoms with Gasteiger partial charge in [0.05, 0.1) is 5.69 Å². The topological polar surface area (TPSA) is 65.4 Å². The molecule has 138 valence electrons. The number of benzene rings is 1. The molecule has 1 aliphatic rings. The van der Waals surface area contributed by atoms with Crippen LogP contribution in [-0.2, 0) is 13.0 Å². The van der Waals surface area contributed by atoms with E-state index in [-0.39, 0.29) is 18.0 Å². The summed E-state index contributed by atoms with van der Waals surface area (Å²) in [5, 5.41) is 6.36. The highest BCUT2D eigenvalue weighted by molar-refractivity contribution is 5.85. The molecule has 0 radical (unpaired) electrons. The molecule has 7 heteroatoms. The molecule has 0 spiro atoms. The van der Waals surface area contributed by atoms with Crippen LogP contribution in [0.5, 0.6) is 0 Å². The molecule has 3 heterocycles. The van der Waals surface area contributed by atoms with E-state index in [0.29, 0.717) is 18.2 Å². The molecule has 0 amide bonds. The van der Waals surface area contributed by atoms with Crippen molar-refractivity contribution in [2.75, 3.05) is 19.6 Å². The van der Waals surface area contributed by atoms with Crippen molar-refractivity contribution < 1.29 is 0 Å². The molecule has 6 nitrogen and oxygen atoms in total. The first-order valence-electron chi connectivity index (χ1n) is 8.84. The molecular formula is C19H24ClN5O. The molecule has 2 aromatic heterocycles. The van der Waals surface area contributed by atoms with E-state index in [4.69, 9.17) is 0 Å². The van der Waals surface area contributed by atoms with Crippen molar-refractivity contribution in [3.8, 4) is 0 Å². The van der Waals surface area contributed by atoms with Crippen LogP contribution in [0.3, 0.4) is 0 Å². The second kappa shape index (κ2) is 8.03. The first-order valence-corrected chi connectivity index (χ1v) is 8.84. The van der Waals surface area contributed by atoms with Gasteiger partial charge in [0.25, 0.3) is 5.56 Å². The third kappa shape index (κ3) is 3.67. The predicted molar refractivity (Wildman–Crippen MR) is 105 cm³/mol. The maximum absolute atomic E-state index is 12.2. The summed E-state index contributed by atoms with van der Waals surface area (Å²) in [6, 6.07) is 12.6. The van der Waals surface area contributed by atoms with E-state index >= 15 is 0 Å². The number of hydrogen-bond donors (Lipinski definition) is 2. The van der Waals surface area contributed by atoms with E-state index in [0.717, 1.165) is 31.7 Å². The number of piperazine rings is 1. The van der Waals surface area contributed by atoms with Crippen molar-refractivity contribution in [3.63, 3.8) is 0 Å². The molecule has 1 aliphatic heterocycles. The molecule has 4 rings (SSSR count). The highest BCUT2D eigenvalue weighted by Gasteiger charge is 2.24. The fourth-order valence-electron chi connectivity index (χ4n) is 3.51. The molecular weight excluding hydrogens is 350 g/mol. The zero-order valence-corrected chi connectivity index (χ0v) is 15.6. The van der Waals surface area contributed by atoms with Gasteiger partial charge in [-0.3, -0.25) is 14.8 Å². The molecule has 1 saturated heterocycles. The van der Waals surface area contributed by atoms with Gasteiger partial charge < -0.3 is 5.32 Å². The van der Waals surface area contributed by atoms with Crippen LogP contribution < -0.4 is 10.9 Å². The Balaban J connectivity index is 0.00000196. The summed E-state index contributed by atoms with van der Waals surface area (Å²) in [7, 11) is 0. The lowest BCUT2D eigenvalue weighted by Gasteiger charge is -2.36. The minimum Gasteiger partial charge on any atom is -0.314 e. The molecule has 1 atom stereocenters. The fourth-order valence-corrected chi connectivity index (χ4v) is 3.51. The van der Waals surface area contributed by atoms with E-state index in [2.05, 4.69) is 51.5 Å². The van der Waals surface area contributed by atoms with Gasteiger partial charge in [-0.15, -0.1) is 12.4 Å². The SMILES string of the molecule is CCc1ccc(C2CNCCN2Cc2cc(=O)n3[nH]ccc3n2)cc1.Cl. The summed E-state index contributed by atoms with van der Waals surface area (Å²) in [5.74, 6) is 0. The van der Waals surface area contributed by atoms with Crippen LogP contribution in [-0.4, -0.2) is 39.1 Å². The van der Waals surface area contributed by atoms with Crippen LogP contribution in [0.15, 0.2) is 47.4 Å². The number of H-pyrrole nitrogens is 1. The summed E-state index contributed by atoms with van der Waals surface area (Å²) in [5.41, 5.74) is 4.09. The van der Waals surface area contributed by atoms with E-state index in [1.165, 1.54) is 15.6 Å². The Kier molecular flexibility index (Phi) is 5.76. The Morgan fingerprint density at radius 1 is 1.23 bits per heavy atom. The average molecular weight is 374 g/mol. The van der Waals surface area contributed by atoms with E-state index < -0.39 is 0 Å². The van der Waals surface area contributed by atoms with Crippen molar-refractivity contribution in [3.05, 3.63) is 69.8 Å². The van der Waals surface area contributed by atoms with Gasteiger partial charge in [0.2, 0.25) is 0 Å². The van der Waals surface area contributed by atoms with Crippen molar-refractivity contribution in [2.24, 2.45) is 0 Å². The van der Waals surface area contributed by atoms with Crippen molar-refractivity contribution in [2.45, 2.75) is 25.9 Å². The van der Waals surface area contributed by atoms with Crippen LogP contribution in [0.25, 0.3) is 5.65 Å². The molecule has 1 aromatic carbocycles. The largest absolute Gasteiger partial charge is 0.314 e. The highest BCUT2D eigenvalue weighted by atomic mass is 35.5. The first kappa shape index (κ1) is 18.6. The van der Waals surface area contributed by atoms with Crippen LogP contribution >= 0.6 is 12.4 Å². The first-order chi connectivity index (χ1) is 12.2. The van der Waals surface area contributed by atoms with Crippen LogP contribution in [0.4, 0.5) is 0 Å². The second-order valence-corrected chi connectivity index (χ2v) is 6.53. The molecule has 1 unspecified atom stereocenters. The highest BCUT2D eigenvalue weighted by Crippen LogP contribution is 2.24. The Bertz CT molecular complexity index is 918. The van der Waals surface area contributed by atoms with Gasteiger partial charge in [-0.2, -0.15) is 0 Å². The quantitative estimate of drug-likeness (QED) is 0.735. The minimum absolute atomic E-state index is 0. The van der Waals surface area contributed by atoms with Gasteiger partial charge in [-0.05, 0) is 17.5 Å².